The number of aromatic nitrogens is 12. The summed E-state index contributed by atoms with van der Waals surface area (Å²) in [5.74, 6) is 0. The minimum absolute atomic E-state index is 0. The van der Waals surface area contributed by atoms with Crippen LogP contribution in [0.3, 0.4) is 0 Å². The van der Waals surface area contributed by atoms with Crippen LogP contribution < -0.4 is 0 Å². The minimum Gasteiger partial charge on any atom is -0.403 e. The minimum atomic E-state index is -1.12. The number of hydrogen-bond donors (Lipinski definition) is 0. The summed E-state index contributed by atoms with van der Waals surface area (Å²) in [7, 11) is -2.25. The molecular formula is C18H20B2MgN12. The molecule has 0 aromatic carbocycles. The molecule has 0 radical (unpaired) electrons. The molecule has 6 rings (SSSR count). The van der Waals surface area contributed by atoms with Gasteiger partial charge in [-0.25, -0.2) is 30.6 Å². The Morgan fingerprint density at radius 1 is 0.333 bits per heavy atom. The Morgan fingerprint density at radius 3 is 0.636 bits per heavy atom. The molecule has 0 N–H and O–H groups in total. The van der Waals surface area contributed by atoms with Gasteiger partial charge < -0.3 is 27.6 Å². The van der Waals surface area contributed by atoms with E-state index >= 15 is 0 Å². The number of rotatable bonds is 6. The van der Waals surface area contributed by atoms with Gasteiger partial charge in [-0.1, -0.05) is 0 Å². The van der Waals surface area contributed by atoms with E-state index in [1.807, 2.05) is 101 Å². The van der Waals surface area contributed by atoms with Crippen molar-refractivity contribution in [2.24, 2.45) is 0 Å². The van der Waals surface area contributed by atoms with Crippen LogP contribution in [-0.4, -0.2) is 95.4 Å². The quantitative estimate of drug-likeness (QED) is 0.317. The molecule has 0 spiro atoms. The van der Waals surface area contributed by atoms with Gasteiger partial charge in [0.15, 0.2) is 0 Å². The van der Waals surface area contributed by atoms with Crippen LogP contribution >= 0.6 is 0 Å². The van der Waals surface area contributed by atoms with E-state index in [1.165, 1.54) is 0 Å². The summed E-state index contributed by atoms with van der Waals surface area (Å²) in [4.78, 5) is 0. The molecule has 6 aromatic heterocycles. The fraction of sp³-hybridized carbons (Fsp3) is 0. The zero-order chi connectivity index (χ0) is 21.6. The molecule has 160 valence electrons. The summed E-state index contributed by atoms with van der Waals surface area (Å²) in [6.45, 7) is 0. The third-order valence-corrected chi connectivity index (χ3v) is 5.09. The maximum absolute atomic E-state index is 4.26. The monoisotopic (exact) mass is 450 g/mol. The smallest absolute Gasteiger partial charge is 0.403 e. The molecule has 0 bridgehead atoms. The Labute approximate surface area is 205 Å². The molecule has 15 heteroatoms. The molecule has 6 heterocycles. The molecule has 0 fully saturated rings. The van der Waals surface area contributed by atoms with Gasteiger partial charge in [0.05, 0.1) is 0 Å². The van der Waals surface area contributed by atoms with Crippen molar-refractivity contribution in [3.8, 4) is 0 Å². The van der Waals surface area contributed by atoms with Crippen molar-refractivity contribution in [1.29, 1.82) is 0 Å². The summed E-state index contributed by atoms with van der Waals surface area (Å²) in [6.07, 6.45) is 22.1. The van der Waals surface area contributed by atoms with E-state index in [0.717, 1.165) is 0 Å². The first-order valence-corrected chi connectivity index (χ1v) is 10.2. The zero-order valence-electron chi connectivity index (χ0n) is 17.9. The Hall–Kier alpha value is -3.84. The van der Waals surface area contributed by atoms with E-state index in [-0.39, 0.29) is 23.1 Å². The predicted molar refractivity (Wildman–Crippen MR) is 126 cm³/mol. The second-order valence-corrected chi connectivity index (χ2v) is 7.12. The third kappa shape index (κ3) is 4.99. The molecule has 0 saturated heterocycles. The van der Waals surface area contributed by atoms with Gasteiger partial charge in [-0.05, 0) is 73.6 Å². The molecule has 0 amide bonds. The van der Waals surface area contributed by atoms with E-state index in [9.17, 15) is 0 Å². The molecule has 33 heavy (non-hydrogen) atoms. The van der Waals surface area contributed by atoms with Crippen LogP contribution in [-0.2, 0) is 0 Å². The fourth-order valence-electron chi connectivity index (χ4n) is 3.70. The molecule has 6 aromatic rings. The average Bonchev–Trinajstić information content (AvgIpc) is 3.67. The summed E-state index contributed by atoms with van der Waals surface area (Å²) in [6, 6.07) is 11.4. The van der Waals surface area contributed by atoms with Crippen molar-refractivity contribution in [2.75, 3.05) is 0 Å². The summed E-state index contributed by atoms with van der Waals surface area (Å²) in [5.41, 5.74) is 0. The van der Waals surface area contributed by atoms with E-state index in [0.29, 0.717) is 0 Å². The van der Waals surface area contributed by atoms with Crippen molar-refractivity contribution < 1.29 is 0 Å². The van der Waals surface area contributed by atoms with Crippen LogP contribution in [0.25, 0.3) is 0 Å². The topological polar surface area (TPSA) is 107 Å². The normalized spacial score (nSPS) is 10.7. The third-order valence-electron chi connectivity index (χ3n) is 5.09. The first-order chi connectivity index (χ1) is 15.9. The molecule has 0 aliphatic heterocycles. The molecule has 0 aliphatic carbocycles. The van der Waals surface area contributed by atoms with Crippen molar-refractivity contribution in [3.05, 3.63) is 111 Å². The standard InChI is InChI=1S/2C9H10BN6.Mg/c2*1-4-11-14(7-1)10(15-8-2-5-12-15)16-9-3-6-13-16;/h2*1-10H;/q2*-1;+2. The maximum Gasteiger partial charge on any atom is 2.00 e. The van der Waals surface area contributed by atoms with Crippen LogP contribution in [0.5, 0.6) is 0 Å². The van der Waals surface area contributed by atoms with Gasteiger partial charge in [-0.2, -0.15) is 0 Å². The Kier molecular flexibility index (Phi) is 7.21. The largest absolute Gasteiger partial charge is 2.00 e. The zero-order valence-corrected chi connectivity index (χ0v) is 19.3. The van der Waals surface area contributed by atoms with E-state index in [1.54, 1.807) is 37.2 Å². The van der Waals surface area contributed by atoms with E-state index in [4.69, 9.17) is 0 Å². The van der Waals surface area contributed by atoms with Gasteiger partial charge in [-0.15, -0.1) is 0 Å². The Morgan fingerprint density at radius 2 is 0.515 bits per heavy atom. The van der Waals surface area contributed by atoms with Gasteiger partial charge in [0, 0.05) is 37.2 Å². The van der Waals surface area contributed by atoms with Gasteiger partial charge >= 0.3 is 37.3 Å². The summed E-state index contributed by atoms with van der Waals surface area (Å²) >= 11 is 0. The maximum atomic E-state index is 4.26. The SMILES string of the molecule is [Mg+2].c1cnn([BH-](n2cccn2)n2cccn2)c1.c1cnn([BH-](n2cccn2)n2cccn2)c1. The molecule has 0 unspecified atom stereocenters. The van der Waals surface area contributed by atoms with E-state index < -0.39 is 14.2 Å². The second kappa shape index (κ2) is 10.6. The molecule has 0 atom stereocenters. The molecule has 0 saturated carbocycles. The van der Waals surface area contributed by atoms with Gasteiger partial charge in [0.2, 0.25) is 0 Å². The summed E-state index contributed by atoms with van der Waals surface area (Å²) < 4.78 is 11.2. The van der Waals surface area contributed by atoms with E-state index in [2.05, 4.69) is 30.6 Å². The number of nitrogens with zero attached hydrogens (tertiary/aromatic N) is 12. The van der Waals surface area contributed by atoms with Crippen LogP contribution in [0, 0.1) is 0 Å². The van der Waals surface area contributed by atoms with Crippen molar-refractivity contribution in [2.45, 2.75) is 0 Å². The van der Waals surface area contributed by atoms with Crippen LogP contribution in [0.1, 0.15) is 0 Å². The Balaban J connectivity index is 0.000000152. The van der Waals surface area contributed by atoms with Crippen LogP contribution in [0.2, 0.25) is 0 Å². The van der Waals surface area contributed by atoms with Gasteiger partial charge in [0.25, 0.3) is 0 Å². The predicted octanol–water partition coefficient (Wildman–Crippen LogP) is -0.505. The van der Waals surface area contributed by atoms with Gasteiger partial charge in [0.1, 0.15) is 0 Å². The molecule has 0 aliphatic rings. The molecular weight excluding hydrogens is 430 g/mol. The summed E-state index contributed by atoms with van der Waals surface area (Å²) in [5, 5.41) is 25.6. The first kappa shape index (κ1) is 22.4. The average molecular weight is 450 g/mol. The fourth-order valence-corrected chi connectivity index (χ4v) is 3.70. The molecule has 12 nitrogen and oxygen atoms in total. The second-order valence-electron chi connectivity index (χ2n) is 7.12. The van der Waals surface area contributed by atoms with Crippen LogP contribution in [0.15, 0.2) is 111 Å². The van der Waals surface area contributed by atoms with Gasteiger partial charge in [-0.3, -0.25) is 0 Å². The number of hydrogen-bond acceptors (Lipinski definition) is 6. The first-order valence-electron chi connectivity index (χ1n) is 10.2. The Bertz CT molecular complexity index is 1000. The van der Waals surface area contributed by atoms with Crippen molar-refractivity contribution in [3.63, 3.8) is 0 Å². The van der Waals surface area contributed by atoms with Crippen LogP contribution in [0.4, 0.5) is 0 Å². The van der Waals surface area contributed by atoms with Crippen molar-refractivity contribution >= 4 is 37.3 Å². The van der Waals surface area contributed by atoms with Crippen molar-refractivity contribution in [1.82, 2.24) is 58.1 Å².